The van der Waals surface area contributed by atoms with Gasteiger partial charge in [0.1, 0.15) is 0 Å². The normalized spacial score (nSPS) is 10.7. The van der Waals surface area contributed by atoms with Crippen molar-refractivity contribution in [1.29, 1.82) is 0 Å². The molecule has 0 aliphatic carbocycles. The summed E-state index contributed by atoms with van der Waals surface area (Å²) in [6.07, 6.45) is 4.10. The first kappa shape index (κ1) is 16.4. The number of carbonyl (C=O) groups excluding carboxylic acids is 1. The van der Waals surface area contributed by atoms with Gasteiger partial charge >= 0.3 is 5.97 Å². The minimum Gasteiger partial charge on any atom is -0.481 e. The number of carboxylic acid groups (broad SMARTS) is 1. The average Bonchev–Trinajstić information content (AvgIpc) is 2.40. The summed E-state index contributed by atoms with van der Waals surface area (Å²) in [4.78, 5) is 21.7. The molecule has 5 nitrogen and oxygen atoms in total. The van der Waals surface area contributed by atoms with Crippen LogP contribution in [-0.4, -0.2) is 23.2 Å². The zero-order chi connectivity index (χ0) is 14.8. The number of rotatable bonds is 8. The average molecular weight is 341 g/mol. The molecule has 0 unspecified atom stereocenters. The first-order valence-corrected chi connectivity index (χ1v) is 7.16. The van der Waals surface area contributed by atoms with Crippen molar-refractivity contribution in [2.24, 2.45) is 5.10 Å². The predicted octanol–water partition coefficient (Wildman–Crippen LogP) is 2.93. The lowest BCUT2D eigenvalue weighted by molar-refractivity contribution is -0.137. The van der Waals surface area contributed by atoms with Gasteiger partial charge in [-0.05, 0) is 30.5 Å². The maximum atomic E-state index is 11.4. The molecule has 0 saturated heterocycles. The first-order valence-electron chi connectivity index (χ1n) is 6.37. The fourth-order valence-electron chi connectivity index (χ4n) is 1.52. The van der Waals surface area contributed by atoms with Crippen LogP contribution in [-0.2, 0) is 9.59 Å². The highest BCUT2D eigenvalue weighted by Crippen LogP contribution is 2.09. The van der Waals surface area contributed by atoms with E-state index in [-0.39, 0.29) is 12.3 Å². The van der Waals surface area contributed by atoms with Crippen LogP contribution in [0.2, 0.25) is 0 Å². The third-order valence-electron chi connectivity index (χ3n) is 2.57. The zero-order valence-corrected chi connectivity index (χ0v) is 12.6. The van der Waals surface area contributed by atoms with E-state index in [1.807, 2.05) is 24.3 Å². The van der Waals surface area contributed by atoms with Crippen LogP contribution in [0.5, 0.6) is 0 Å². The number of hydrazone groups is 1. The Kier molecular flexibility index (Phi) is 7.57. The summed E-state index contributed by atoms with van der Waals surface area (Å²) in [5, 5.41) is 12.3. The highest BCUT2D eigenvalue weighted by molar-refractivity contribution is 9.10. The standard InChI is InChI=1S/C14H17BrN2O3/c15-12-8-6-11(7-9-12)10-16-17-13(18)4-2-1-3-5-14(19)20/h6-10H,1-5H2,(H,17,18)(H,19,20)/b16-10+. The number of hydrogen-bond acceptors (Lipinski definition) is 3. The van der Waals surface area contributed by atoms with Crippen molar-refractivity contribution in [1.82, 2.24) is 5.43 Å². The molecule has 0 aromatic heterocycles. The summed E-state index contributed by atoms with van der Waals surface area (Å²) in [5.41, 5.74) is 3.35. The van der Waals surface area contributed by atoms with Crippen molar-refractivity contribution in [3.05, 3.63) is 34.3 Å². The van der Waals surface area contributed by atoms with Crippen LogP contribution in [0.3, 0.4) is 0 Å². The van der Waals surface area contributed by atoms with Gasteiger partial charge in [-0.25, -0.2) is 5.43 Å². The van der Waals surface area contributed by atoms with Gasteiger partial charge in [-0.2, -0.15) is 5.10 Å². The Morgan fingerprint density at radius 2 is 1.80 bits per heavy atom. The predicted molar refractivity (Wildman–Crippen MR) is 80.6 cm³/mol. The van der Waals surface area contributed by atoms with Crippen LogP contribution < -0.4 is 5.43 Å². The molecule has 1 rings (SSSR count). The van der Waals surface area contributed by atoms with Gasteiger partial charge in [0.15, 0.2) is 0 Å². The number of nitrogens with zero attached hydrogens (tertiary/aromatic N) is 1. The molecule has 1 aromatic rings. The van der Waals surface area contributed by atoms with E-state index in [0.717, 1.165) is 16.5 Å². The van der Waals surface area contributed by atoms with Crippen LogP contribution >= 0.6 is 15.9 Å². The Labute approximate surface area is 126 Å². The maximum absolute atomic E-state index is 11.4. The Bertz CT molecular complexity index is 472. The van der Waals surface area contributed by atoms with E-state index in [1.165, 1.54) is 0 Å². The Hall–Kier alpha value is -1.69. The van der Waals surface area contributed by atoms with Crippen molar-refractivity contribution < 1.29 is 14.7 Å². The third kappa shape index (κ3) is 7.68. The van der Waals surface area contributed by atoms with Gasteiger partial charge in [0.05, 0.1) is 6.21 Å². The minimum absolute atomic E-state index is 0.156. The van der Waals surface area contributed by atoms with Gasteiger partial charge in [0, 0.05) is 17.3 Å². The third-order valence-corrected chi connectivity index (χ3v) is 3.10. The molecule has 0 aliphatic rings. The highest BCUT2D eigenvalue weighted by Gasteiger charge is 2.01. The number of halogens is 1. The summed E-state index contributed by atoms with van der Waals surface area (Å²) in [5.74, 6) is -0.956. The minimum atomic E-state index is -0.798. The smallest absolute Gasteiger partial charge is 0.303 e. The van der Waals surface area contributed by atoms with Crippen molar-refractivity contribution in [2.75, 3.05) is 0 Å². The van der Waals surface area contributed by atoms with E-state index in [9.17, 15) is 9.59 Å². The summed E-state index contributed by atoms with van der Waals surface area (Å²) < 4.78 is 0.986. The van der Waals surface area contributed by atoms with Gasteiger partial charge in [-0.3, -0.25) is 9.59 Å². The topological polar surface area (TPSA) is 78.8 Å². The second-order valence-corrected chi connectivity index (χ2v) is 5.21. The van der Waals surface area contributed by atoms with E-state index in [0.29, 0.717) is 19.3 Å². The molecule has 2 N–H and O–H groups in total. The Balaban J connectivity index is 2.16. The summed E-state index contributed by atoms with van der Waals surface area (Å²) in [6, 6.07) is 7.55. The van der Waals surface area contributed by atoms with E-state index in [1.54, 1.807) is 6.21 Å². The first-order chi connectivity index (χ1) is 9.58. The molecule has 1 amide bonds. The van der Waals surface area contributed by atoms with Gasteiger partial charge in [0.25, 0.3) is 0 Å². The van der Waals surface area contributed by atoms with E-state index >= 15 is 0 Å². The fraction of sp³-hybridized carbons (Fsp3) is 0.357. The second kappa shape index (κ2) is 9.25. The van der Waals surface area contributed by atoms with Crippen LogP contribution in [0, 0.1) is 0 Å². The molecule has 20 heavy (non-hydrogen) atoms. The van der Waals surface area contributed by atoms with Crippen LogP contribution in [0.15, 0.2) is 33.8 Å². The lowest BCUT2D eigenvalue weighted by Gasteiger charge is -1.99. The number of amides is 1. The molecule has 0 saturated carbocycles. The van der Waals surface area contributed by atoms with Crippen molar-refractivity contribution in [3.63, 3.8) is 0 Å². The van der Waals surface area contributed by atoms with Gasteiger partial charge < -0.3 is 5.11 Å². The molecular weight excluding hydrogens is 324 g/mol. The highest BCUT2D eigenvalue weighted by atomic mass is 79.9. The van der Waals surface area contributed by atoms with Gasteiger partial charge in [-0.15, -0.1) is 0 Å². The van der Waals surface area contributed by atoms with Gasteiger partial charge in [0.2, 0.25) is 5.91 Å². The monoisotopic (exact) mass is 340 g/mol. The zero-order valence-electron chi connectivity index (χ0n) is 11.0. The van der Waals surface area contributed by atoms with Crippen molar-refractivity contribution >= 4 is 34.0 Å². The van der Waals surface area contributed by atoms with Crippen molar-refractivity contribution in [2.45, 2.75) is 32.1 Å². The lowest BCUT2D eigenvalue weighted by atomic mass is 10.1. The molecular formula is C14H17BrN2O3. The largest absolute Gasteiger partial charge is 0.481 e. The quantitative estimate of drug-likeness (QED) is 0.433. The van der Waals surface area contributed by atoms with E-state index in [4.69, 9.17) is 5.11 Å². The number of benzene rings is 1. The maximum Gasteiger partial charge on any atom is 0.303 e. The number of aliphatic carboxylic acids is 1. The second-order valence-electron chi connectivity index (χ2n) is 4.30. The number of carbonyl (C=O) groups is 2. The number of carboxylic acids is 1. The van der Waals surface area contributed by atoms with Crippen molar-refractivity contribution in [3.8, 4) is 0 Å². The fourth-order valence-corrected chi connectivity index (χ4v) is 1.79. The summed E-state index contributed by atoms with van der Waals surface area (Å²) in [7, 11) is 0. The SMILES string of the molecule is O=C(O)CCCCCC(=O)N/N=C/c1ccc(Br)cc1. The Morgan fingerprint density at radius 1 is 1.15 bits per heavy atom. The molecule has 0 fully saturated rings. The molecule has 0 bridgehead atoms. The summed E-state index contributed by atoms with van der Waals surface area (Å²) in [6.45, 7) is 0. The molecule has 108 valence electrons. The number of unbranched alkanes of at least 4 members (excludes halogenated alkanes) is 2. The molecule has 0 aliphatic heterocycles. The van der Waals surface area contributed by atoms with Crippen LogP contribution in [0.25, 0.3) is 0 Å². The van der Waals surface area contributed by atoms with E-state index in [2.05, 4.69) is 26.5 Å². The van der Waals surface area contributed by atoms with Gasteiger partial charge in [-0.1, -0.05) is 34.5 Å². The molecule has 0 atom stereocenters. The molecule has 0 spiro atoms. The lowest BCUT2D eigenvalue weighted by Crippen LogP contribution is -2.16. The number of hydrogen-bond donors (Lipinski definition) is 2. The number of nitrogens with one attached hydrogen (secondary N) is 1. The molecule has 0 heterocycles. The molecule has 1 aromatic carbocycles. The van der Waals surface area contributed by atoms with Crippen LogP contribution in [0.1, 0.15) is 37.7 Å². The molecule has 0 radical (unpaired) electrons. The Morgan fingerprint density at radius 3 is 2.45 bits per heavy atom. The van der Waals surface area contributed by atoms with E-state index < -0.39 is 5.97 Å². The van der Waals surface area contributed by atoms with Crippen LogP contribution in [0.4, 0.5) is 0 Å². The molecule has 6 heteroatoms. The summed E-state index contributed by atoms with van der Waals surface area (Å²) >= 11 is 3.34.